The first kappa shape index (κ1) is 26.5. The largest absolute Gasteiger partial charge is 0.493 e. The van der Waals surface area contributed by atoms with Crippen LogP contribution in [0.4, 0.5) is 0 Å². The second-order valence-corrected chi connectivity index (χ2v) is 12.7. The summed E-state index contributed by atoms with van der Waals surface area (Å²) in [5.41, 5.74) is 3.26. The highest BCUT2D eigenvalue weighted by Gasteiger charge is 2.42. The summed E-state index contributed by atoms with van der Waals surface area (Å²) in [6.07, 6.45) is 0.675. The van der Waals surface area contributed by atoms with Gasteiger partial charge >= 0.3 is 5.97 Å². The first-order chi connectivity index (χ1) is 18.2. The zero-order valence-corrected chi connectivity index (χ0v) is 22.3. The number of rotatable bonds is 10. The van der Waals surface area contributed by atoms with Gasteiger partial charge in [0.25, 0.3) is 0 Å². The number of carboxylic acids is 1. The number of benzene rings is 3. The van der Waals surface area contributed by atoms with Crippen LogP contribution in [0, 0.1) is 5.92 Å². The van der Waals surface area contributed by atoms with Crippen molar-refractivity contribution in [2.24, 2.45) is 5.92 Å². The molecule has 0 aliphatic carbocycles. The van der Waals surface area contributed by atoms with E-state index in [9.17, 15) is 18.3 Å². The first-order valence-corrected chi connectivity index (χ1v) is 14.7. The first-order valence-electron chi connectivity index (χ1n) is 12.5. The van der Waals surface area contributed by atoms with E-state index in [0.29, 0.717) is 49.4 Å². The lowest BCUT2D eigenvalue weighted by molar-refractivity contribution is -0.145. The molecule has 3 aromatic carbocycles. The third-order valence-electron chi connectivity index (χ3n) is 7.11. The summed E-state index contributed by atoms with van der Waals surface area (Å²) < 4.78 is 40.4. The highest BCUT2D eigenvalue weighted by Crippen LogP contribution is 2.37. The van der Waals surface area contributed by atoms with Gasteiger partial charge in [-0.05, 0) is 59.5 Å². The van der Waals surface area contributed by atoms with Crippen molar-refractivity contribution in [3.05, 3.63) is 82.9 Å². The third kappa shape index (κ3) is 6.14. The van der Waals surface area contributed by atoms with Gasteiger partial charge in [0.05, 0.1) is 48.2 Å². The maximum Gasteiger partial charge on any atom is 0.304 e. The monoisotopic (exact) mass is 556 g/mol. The molecule has 1 N–H and O–H groups in total. The second kappa shape index (κ2) is 11.0. The molecule has 38 heavy (non-hydrogen) atoms. The third-order valence-corrected chi connectivity index (χ3v) is 9.26. The van der Waals surface area contributed by atoms with Crippen LogP contribution in [0.5, 0.6) is 11.5 Å². The van der Waals surface area contributed by atoms with E-state index in [1.165, 1.54) is 0 Å². The van der Waals surface area contributed by atoms with E-state index >= 15 is 0 Å². The van der Waals surface area contributed by atoms with Gasteiger partial charge in [0.15, 0.2) is 9.84 Å². The average molecular weight is 557 g/mol. The molecule has 2 aliphatic rings. The van der Waals surface area contributed by atoms with Crippen molar-refractivity contribution in [2.45, 2.75) is 24.9 Å². The van der Waals surface area contributed by atoms with Gasteiger partial charge in [-0.3, -0.25) is 4.79 Å². The standard InChI is InChI=1S/C29H29ClO7S/c30-27-13-25(37-16-21-10-11-38(33,34)17-21)8-9-26(27)22-3-1-2-20(12-22)15-36-24-6-4-23(5-7-24)29(14-28(31)32)18-35-19-29/h1-9,12-13,21H,10-11,14-19H2,(H,31,32). The van der Waals surface area contributed by atoms with Crippen LogP contribution >= 0.6 is 11.6 Å². The van der Waals surface area contributed by atoms with E-state index in [2.05, 4.69) is 0 Å². The maximum atomic E-state index is 11.6. The molecule has 9 heteroatoms. The average Bonchev–Trinajstić information content (AvgIpc) is 3.22. The zero-order valence-electron chi connectivity index (χ0n) is 20.8. The van der Waals surface area contributed by atoms with Crippen LogP contribution in [0.1, 0.15) is 24.0 Å². The number of sulfone groups is 1. The minimum absolute atomic E-state index is 0.0180. The molecule has 5 rings (SSSR count). The van der Waals surface area contributed by atoms with Crippen LogP contribution in [0.3, 0.4) is 0 Å². The Morgan fingerprint density at radius 3 is 2.42 bits per heavy atom. The minimum Gasteiger partial charge on any atom is -0.493 e. The summed E-state index contributed by atoms with van der Waals surface area (Å²) in [6, 6.07) is 21.0. The topological polar surface area (TPSA) is 99.1 Å². The number of carbonyl (C=O) groups is 1. The highest BCUT2D eigenvalue weighted by atomic mass is 35.5. The molecule has 2 saturated heterocycles. The van der Waals surface area contributed by atoms with Crippen LogP contribution in [0.2, 0.25) is 5.02 Å². The summed E-state index contributed by atoms with van der Waals surface area (Å²) in [6.45, 7) is 1.54. The molecule has 7 nitrogen and oxygen atoms in total. The lowest BCUT2D eigenvalue weighted by Crippen LogP contribution is -2.48. The Balaban J connectivity index is 1.20. The highest BCUT2D eigenvalue weighted by molar-refractivity contribution is 7.91. The Kier molecular flexibility index (Phi) is 7.66. The molecule has 3 aromatic rings. The predicted molar refractivity (Wildman–Crippen MR) is 145 cm³/mol. The molecule has 2 fully saturated rings. The van der Waals surface area contributed by atoms with Crippen LogP contribution in [0.25, 0.3) is 11.1 Å². The number of ether oxygens (including phenoxy) is 3. The molecule has 1 atom stereocenters. The number of hydrogen-bond donors (Lipinski definition) is 1. The quantitative estimate of drug-likeness (QED) is 0.369. The van der Waals surface area contributed by atoms with Crippen molar-refractivity contribution in [1.29, 1.82) is 0 Å². The normalized spacial score (nSPS) is 19.4. The zero-order chi connectivity index (χ0) is 26.8. The summed E-state index contributed by atoms with van der Waals surface area (Å²) in [4.78, 5) is 11.3. The van der Waals surface area contributed by atoms with Crippen molar-refractivity contribution in [1.82, 2.24) is 0 Å². The number of hydrogen-bond acceptors (Lipinski definition) is 6. The number of aliphatic carboxylic acids is 1. The van der Waals surface area contributed by atoms with Gasteiger partial charge in [0.2, 0.25) is 0 Å². The van der Waals surface area contributed by atoms with Crippen molar-refractivity contribution >= 4 is 27.4 Å². The Bertz CT molecular complexity index is 1420. The molecule has 0 radical (unpaired) electrons. The van der Waals surface area contributed by atoms with Crippen molar-refractivity contribution < 1.29 is 32.5 Å². The van der Waals surface area contributed by atoms with E-state index < -0.39 is 21.2 Å². The summed E-state index contributed by atoms with van der Waals surface area (Å²) >= 11 is 6.58. The fourth-order valence-electron chi connectivity index (χ4n) is 4.95. The predicted octanol–water partition coefficient (Wildman–Crippen LogP) is 5.14. The molecule has 0 saturated carbocycles. The van der Waals surface area contributed by atoms with Crippen molar-refractivity contribution in [3.8, 4) is 22.6 Å². The Labute approximate surface area is 227 Å². The number of carboxylic acid groups (broad SMARTS) is 1. The molecule has 0 amide bonds. The summed E-state index contributed by atoms with van der Waals surface area (Å²) in [5, 5.41) is 9.79. The fraction of sp³-hybridized carbons (Fsp3) is 0.345. The van der Waals surface area contributed by atoms with Gasteiger partial charge < -0.3 is 19.3 Å². The van der Waals surface area contributed by atoms with E-state index in [-0.39, 0.29) is 23.8 Å². The Morgan fingerprint density at radius 2 is 1.79 bits per heavy atom. The van der Waals surface area contributed by atoms with Gasteiger partial charge in [0.1, 0.15) is 18.1 Å². The number of halogens is 1. The van der Waals surface area contributed by atoms with E-state index in [1.807, 2.05) is 60.7 Å². The molecule has 1 unspecified atom stereocenters. The lowest BCUT2D eigenvalue weighted by Gasteiger charge is -2.40. The van der Waals surface area contributed by atoms with Crippen molar-refractivity contribution in [2.75, 3.05) is 31.3 Å². The SMILES string of the molecule is O=C(O)CC1(c2ccc(OCc3cccc(-c4ccc(OCC5CCS(=O)(=O)C5)cc4Cl)c3)cc2)COC1. The Hall–Kier alpha value is -3.07. The van der Waals surface area contributed by atoms with E-state index in [4.69, 9.17) is 25.8 Å². The molecule has 200 valence electrons. The maximum absolute atomic E-state index is 11.6. The minimum atomic E-state index is -2.93. The molecule has 0 aromatic heterocycles. The Morgan fingerprint density at radius 1 is 1.03 bits per heavy atom. The molecule has 0 spiro atoms. The molecular formula is C29H29ClO7S. The molecule has 2 aliphatic heterocycles. The van der Waals surface area contributed by atoms with Gasteiger partial charge in [-0.25, -0.2) is 8.42 Å². The van der Waals surface area contributed by atoms with E-state index in [0.717, 1.165) is 22.3 Å². The van der Waals surface area contributed by atoms with E-state index in [1.54, 1.807) is 6.07 Å². The lowest BCUT2D eigenvalue weighted by atomic mass is 9.76. The molecular weight excluding hydrogens is 528 g/mol. The van der Waals surface area contributed by atoms with Gasteiger partial charge in [-0.1, -0.05) is 41.9 Å². The second-order valence-electron chi connectivity index (χ2n) is 10.1. The van der Waals surface area contributed by atoms with Gasteiger partial charge in [-0.15, -0.1) is 0 Å². The van der Waals surface area contributed by atoms with Crippen LogP contribution in [-0.4, -0.2) is 50.8 Å². The van der Waals surface area contributed by atoms with Gasteiger partial charge in [0, 0.05) is 11.5 Å². The summed E-state index contributed by atoms with van der Waals surface area (Å²) in [5.74, 6) is 0.902. The van der Waals surface area contributed by atoms with Crippen molar-refractivity contribution in [3.63, 3.8) is 0 Å². The smallest absolute Gasteiger partial charge is 0.304 e. The fourth-order valence-corrected chi connectivity index (χ4v) is 7.07. The van der Waals surface area contributed by atoms with Crippen LogP contribution in [-0.2, 0) is 31.4 Å². The van der Waals surface area contributed by atoms with Gasteiger partial charge in [-0.2, -0.15) is 0 Å². The van der Waals surface area contributed by atoms with Crippen LogP contribution in [0.15, 0.2) is 66.7 Å². The van der Waals surface area contributed by atoms with Crippen LogP contribution < -0.4 is 9.47 Å². The summed E-state index contributed by atoms with van der Waals surface area (Å²) in [7, 11) is -2.93. The molecule has 0 bridgehead atoms. The molecule has 2 heterocycles.